The maximum atomic E-state index is 12.5. The third-order valence-corrected chi connectivity index (χ3v) is 6.56. The molecule has 1 saturated heterocycles. The number of nitrogens with one attached hydrogen (secondary N) is 2. The number of anilines is 2. The molecule has 2 aromatic carbocycles. The van der Waals surface area contributed by atoms with Gasteiger partial charge in [0, 0.05) is 54.3 Å². The van der Waals surface area contributed by atoms with Gasteiger partial charge in [-0.25, -0.2) is 0 Å². The van der Waals surface area contributed by atoms with Gasteiger partial charge in [0.1, 0.15) is 11.5 Å². The van der Waals surface area contributed by atoms with Crippen molar-refractivity contribution in [3.05, 3.63) is 76.5 Å². The number of carbonyl (C=O) groups is 2. The molecule has 0 unspecified atom stereocenters. The van der Waals surface area contributed by atoms with Crippen LogP contribution in [0.4, 0.5) is 11.4 Å². The largest absolute Gasteiger partial charge is 0.457 e. The molecule has 7 nitrogen and oxygen atoms in total. The molecule has 0 atom stereocenters. The molecule has 2 N–H and O–H groups in total. The van der Waals surface area contributed by atoms with E-state index in [1.165, 1.54) is 6.08 Å². The first-order chi connectivity index (χ1) is 17.8. The lowest BCUT2D eigenvalue weighted by atomic mass is 10.2. The van der Waals surface area contributed by atoms with E-state index in [1.807, 2.05) is 36.1 Å². The SMILES string of the molecule is CCC(=O)N1CCN(c2ccc(Cl)cc2NC(=S)NC(=O)C=Cc2ccc(-c3ccc(Cl)cc3)o2)CC1. The van der Waals surface area contributed by atoms with Gasteiger partial charge in [0.15, 0.2) is 5.11 Å². The maximum Gasteiger partial charge on any atom is 0.250 e. The summed E-state index contributed by atoms with van der Waals surface area (Å²) in [6.45, 7) is 4.53. The van der Waals surface area contributed by atoms with Gasteiger partial charge in [-0.05, 0) is 72.9 Å². The van der Waals surface area contributed by atoms with Gasteiger partial charge >= 0.3 is 0 Å². The van der Waals surface area contributed by atoms with Crippen molar-refractivity contribution in [2.45, 2.75) is 13.3 Å². The van der Waals surface area contributed by atoms with E-state index in [-0.39, 0.29) is 11.0 Å². The van der Waals surface area contributed by atoms with E-state index in [4.69, 9.17) is 39.8 Å². The predicted molar refractivity (Wildman–Crippen MR) is 153 cm³/mol. The lowest BCUT2D eigenvalue weighted by Crippen LogP contribution is -2.48. The number of piperazine rings is 1. The van der Waals surface area contributed by atoms with Crippen molar-refractivity contribution in [1.82, 2.24) is 10.2 Å². The monoisotopic (exact) mass is 556 g/mol. The predicted octanol–water partition coefficient (Wildman–Crippen LogP) is 5.84. The Kier molecular flexibility index (Phi) is 8.87. The van der Waals surface area contributed by atoms with Crippen LogP contribution in [0.15, 0.2) is 65.1 Å². The zero-order valence-electron chi connectivity index (χ0n) is 20.2. The van der Waals surface area contributed by atoms with Crippen molar-refractivity contribution in [3.8, 4) is 11.3 Å². The van der Waals surface area contributed by atoms with E-state index in [0.29, 0.717) is 59.9 Å². The first kappa shape index (κ1) is 26.7. The number of nitrogens with zero attached hydrogens (tertiary/aromatic N) is 2. The van der Waals surface area contributed by atoms with Crippen molar-refractivity contribution >= 4 is 69.8 Å². The third kappa shape index (κ3) is 7.13. The van der Waals surface area contributed by atoms with Gasteiger partial charge in [-0.2, -0.15) is 0 Å². The summed E-state index contributed by atoms with van der Waals surface area (Å²) in [5.41, 5.74) is 2.45. The Morgan fingerprint density at radius 1 is 1.00 bits per heavy atom. The Morgan fingerprint density at radius 2 is 1.70 bits per heavy atom. The normalized spacial score (nSPS) is 13.6. The molecular formula is C27H26Cl2N4O3S. The summed E-state index contributed by atoms with van der Waals surface area (Å²) < 4.78 is 5.78. The second-order valence-corrected chi connectivity index (χ2v) is 9.65. The van der Waals surface area contributed by atoms with Crippen LogP contribution >= 0.6 is 35.4 Å². The molecule has 10 heteroatoms. The zero-order chi connectivity index (χ0) is 26.4. The second-order valence-electron chi connectivity index (χ2n) is 8.37. The van der Waals surface area contributed by atoms with Gasteiger partial charge < -0.3 is 19.5 Å². The highest BCUT2D eigenvalue weighted by Crippen LogP contribution is 2.30. The minimum atomic E-state index is -0.405. The average molecular weight is 558 g/mol. The Balaban J connectivity index is 1.35. The maximum absolute atomic E-state index is 12.5. The van der Waals surface area contributed by atoms with Crippen molar-refractivity contribution in [3.63, 3.8) is 0 Å². The molecular weight excluding hydrogens is 531 g/mol. The van der Waals surface area contributed by atoms with Crippen molar-refractivity contribution in [2.75, 3.05) is 36.4 Å². The van der Waals surface area contributed by atoms with Crippen molar-refractivity contribution < 1.29 is 14.0 Å². The Bertz CT molecular complexity index is 1320. The molecule has 0 radical (unpaired) electrons. The molecule has 0 spiro atoms. The van der Waals surface area contributed by atoms with Crippen molar-refractivity contribution in [2.24, 2.45) is 0 Å². The number of halogens is 2. The molecule has 4 rings (SSSR count). The lowest BCUT2D eigenvalue weighted by Gasteiger charge is -2.37. The fourth-order valence-corrected chi connectivity index (χ4v) is 4.49. The van der Waals surface area contributed by atoms with Crippen molar-refractivity contribution in [1.29, 1.82) is 0 Å². The number of benzene rings is 2. The number of furan rings is 1. The van der Waals surface area contributed by atoms with Gasteiger partial charge in [0.2, 0.25) is 11.8 Å². The van der Waals surface area contributed by atoms with E-state index in [2.05, 4.69) is 15.5 Å². The van der Waals surface area contributed by atoms with Crippen LogP contribution in [0.2, 0.25) is 10.0 Å². The molecule has 1 aliphatic heterocycles. The van der Waals surface area contributed by atoms with E-state index in [1.54, 1.807) is 36.4 Å². The number of rotatable bonds is 6. The molecule has 192 valence electrons. The lowest BCUT2D eigenvalue weighted by molar-refractivity contribution is -0.131. The first-order valence-electron chi connectivity index (χ1n) is 11.8. The summed E-state index contributed by atoms with van der Waals surface area (Å²) in [6.07, 6.45) is 3.42. The van der Waals surface area contributed by atoms with Crippen LogP contribution in [0, 0.1) is 0 Å². The van der Waals surface area contributed by atoms with Gasteiger partial charge in [-0.3, -0.25) is 14.9 Å². The van der Waals surface area contributed by atoms with Crippen LogP contribution in [0.5, 0.6) is 0 Å². The summed E-state index contributed by atoms with van der Waals surface area (Å²) in [7, 11) is 0. The Morgan fingerprint density at radius 3 is 2.41 bits per heavy atom. The van der Waals surface area contributed by atoms with Crippen LogP contribution < -0.4 is 15.5 Å². The molecule has 37 heavy (non-hydrogen) atoms. The van der Waals surface area contributed by atoms with E-state index >= 15 is 0 Å². The standard InChI is InChI=1S/C27H26Cl2N4O3S/c1-2-26(35)33-15-13-32(14-16-33)23-10-7-20(29)17-22(23)30-27(37)31-25(34)12-9-21-8-11-24(36-21)18-3-5-19(28)6-4-18/h3-12,17H,2,13-16H2,1H3,(H2,30,31,34,37). The van der Waals surface area contributed by atoms with Crippen LogP contribution in [-0.4, -0.2) is 48.0 Å². The smallest absolute Gasteiger partial charge is 0.250 e. The zero-order valence-corrected chi connectivity index (χ0v) is 22.5. The number of amides is 2. The first-order valence-corrected chi connectivity index (χ1v) is 13.0. The highest BCUT2D eigenvalue weighted by atomic mass is 35.5. The van der Waals surface area contributed by atoms with Crippen LogP contribution in [0.1, 0.15) is 19.1 Å². The Hall–Kier alpha value is -3.33. The summed E-state index contributed by atoms with van der Waals surface area (Å²) in [6, 6.07) is 16.4. The summed E-state index contributed by atoms with van der Waals surface area (Å²) in [5.74, 6) is 0.943. The fraction of sp³-hybridized carbons (Fsp3) is 0.222. The Labute approximate surface area is 231 Å². The summed E-state index contributed by atoms with van der Waals surface area (Å²) in [4.78, 5) is 28.5. The third-order valence-electron chi connectivity index (χ3n) is 5.87. The van der Waals surface area contributed by atoms with Crippen LogP contribution in [-0.2, 0) is 9.59 Å². The molecule has 0 saturated carbocycles. The van der Waals surface area contributed by atoms with Gasteiger partial charge in [0.05, 0.1) is 11.4 Å². The van der Waals surface area contributed by atoms with Gasteiger partial charge in [-0.15, -0.1) is 0 Å². The molecule has 2 amide bonds. The number of carbonyl (C=O) groups excluding carboxylic acids is 2. The highest BCUT2D eigenvalue weighted by Gasteiger charge is 2.22. The van der Waals surface area contributed by atoms with E-state index in [0.717, 1.165) is 11.3 Å². The molecule has 3 aromatic rings. The number of thiocarbonyl (C=S) groups is 1. The number of hydrogen-bond acceptors (Lipinski definition) is 5. The fourth-order valence-electron chi connectivity index (χ4n) is 3.98. The second kappa shape index (κ2) is 12.3. The van der Waals surface area contributed by atoms with E-state index in [9.17, 15) is 9.59 Å². The topological polar surface area (TPSA) is 77.8 Å². The molecule has 0 bridgehead atoms. The van der Waals surface area contributed by atoms with E-state index < -0.39 is 5.91 Å². The van der Waals surface area contributed by atoms with Crippen LogP contribution in [0.25, 0.3) is 17.4 Å². The quantitative estimate of drug-likeness (QED) is 0.293. The number of hydrogen-bond donors (Lipinski definition) is 2. The van der Waals surface area contributed by atoms with Crippen LogP contribution in [0.3, 0.4) is 0 Å². The summed E-state index contributed by atoms with van der Waals surface area (Å²) >= 11 is 17.5. The molecule has 2 heterocycles. The molecule has 1 aromatic heterocycles. The minimum Gasteiger partial charge on any atom is -0.457 e. The molecule has 1 aliphatic rings. The summed E-state index contributed by atoms with van der Waals surface area (Å²) in [5, 5.41) is 7.04. The highest BCUT2D eigenvalue weighted by molar-refractivity contribution is 7.80. The van der Waals surface area contributed by atoms with Gasteiger partial charge in [-0.1, -0.05) is 30.1 Å². The van der Waals surface area contributed by atoms with Gasteiger partial charge in [0.25, 0.3) is 0 Å². The molecule has 0 aliphatic carbocycles. The average Bonchev–Trinajstić information content (AvgIpc) is 3.37. The minimum absolute atomic E-state index is 0.138. The molecule has 1 fully saturated rings.